The third-order valence-electron chi connectivity index (χ3n) is 14.2. The number of halogens is 1. The average Bonchev–Trinajstić information content (AvgIpc) is 3.71. The summed E-state index contributed by atoms with van der Waals surface area (Å²) >= 11 is 3.00. The quantitative estimate of drug-likeness (QED) is 0.0666. The summed E-state index contributed by atoms with van der Waals surface area (Å²) < 4.78 is 22.2. The molecule has 4 atom stereocenters. The third-order valence-corrected chi connectivity index (χ3v) is 16.9. The molecule has 2 aliphatic carbocycles. The summed E-state index contributed by atoms with van der Waals surface area (Å²) in [6.07, 6.45) is 13.2. The van der Waals surface area contributed by atoms with E-state index in [9.17, 15) is 38.8 Å². The van der Waals surface area contributed by atoms with Gasteiger partial charge in [-0.2, -0.15) is 5.26 Å². The van der Waals surface area contributed by atoms with Gasteiger partial charge in [0.25, 0.3) is 5.91 Å². The van der Waals surface area contributed by atoms with Gasteiger partial charge in [0.1, 0.15) is 24.3 Å². The maximum atomic E-state index is 14.3. The van der Waals surface area contributed by atoms with Crippen molar-refractivity contribution in [3.8, 4) is 11.8 Å². The number of carboxylic acids is 1. The predicted molar refractivity (Wildman–Crippen MR) is 261 cm³/mol. The largest absolute Gasteiger partial charge is 0.483 e. The second-order valence-corrected chi connectivity index (χ2v) is 21.0. The van der Waals surface area contributed by atoms with Crippen LogP contribution in [0.25, 0.3) is 5.57 Å². The molecule has 3 heterocycles. The van der Waals surface area contributed by atoms with Crippen LogP contribution in [0, 0.1) is 11.3 Å². The number of ether oxygens (including phenoxy) is 1. The van der Waals surface area contributed by atoms with Gasteiger partial charge in [0.2, 0.25) is 12.8 Å². The standard InChI is InChI=1S/C51H63FN6O7S2/c1-5-9-44(49(62)57(52)32-61)56(31-60)43-17-16-40(41-15-6-10-33(2)45(41)43)35-18-21-55(22-19-35)39-14-7-11-34(26-39)30-66-58-23-20-38(28-51(58,3)4)54-37-13-8-12-36(27-37)47-42(29-53)46(65-25-24-59)48(67-47)50(63)64/h7,10-11,14,16-17,24,26,31-32,35-38,44,54H,5-6,8-9,12-13,15,18-23,25,27-28,30H2,1-4H3,(H,63,64). The predicted octanol–water partition coefficient (Wildman–Crippen LogP) is 9.34. The number of anilines is 2. The van der Waals surface area contributed by atoms with Crippen LogP contribution in [-0.2, 0) is 31.4 Å². The number of aromatic carboxylic acids is 1. The summed E-state index contributed by atoms with van der Waals surface area (Å²) in [5.41, 5.74) is 7.68. The minimum absolute atomic E-state index is 0.0133. The van der Waals surface area contributed by atoms with Crippen LogP contribution in [0.15, 0.2) is 42.5 Å². The van der Waals surface area contributed by atoms with Gasteiger partial charge in [-0.25, -0.2) is 9.10 Å². The maximum Gasteiger partial charge on any atom is 0.349 e. The fourth-order valence-corrected chi connectivity index (χ4v) is 13.3. The van der Waals surface area contributed by atoms with Gasteiger partial charge in [-0.3, -0.25) is 19.2 Å². The fraction of sp³-hybridized carbons (Fsp3) is 0.529. The number of fused-ring (bicyclic) bond motifs is 1. The van der Waals surface area contributed by atoms with Crippen LogP contribution < -0.4 is 19.9 Å². The number of carbonyl (C=O) groups is 5. The third kappa shape index (κ3) is 11.1. The Morgan fingerprint density at radius 3 is 2.55 bits per heavy atom. The maximum absolute atomic E-state index is 14.3. The number of carboxylic acid groups (broad SMARTS) is 1. The average molecular weight is 955 g/mol. The number of allylic oxidation sites excluding steroid dienone is 2. The number of hydrogen-bond acceptors (Lipinski definition) is 12. The monoisotopic (exact) mass is 954 g/mol. The van der Waals surface area contributed by atoms with E-state index in [4.69, 9.17) is 4.74 Å². The zero-order valence-electron chi connectivity index (χ0n) is 39.0. The van der Waals surface area contributed by atoms with Crippen molar-refractivity contribution >= 4 is 71.2 Å². The lowest BCUT2D eigenvalue weighted by molar-refractivity contribution is -0.155. The molecule has 3 fully saturated rings. The number of nitriles is 1. The van der Waals surface area contributed by atoms with Crippen molar-refractivity contribution in [1.82, 2.24) is 14.7 Å². The van der Waals surface area contributed by atoms with Crippen LogP contribution in [0.5, 0.6) is 5.75 Å². The molecular formula is C51H63FN6O7S2. The Morgan fingerprint density at radius 1 is 1.07 bits per heavy atom. The normalized spacial score (nSPS) is 21.3. The first-order valence-corrected chi connectivity index (χ1v) is 25.5. The number of amides is 3. The summed E-state index contributed by atoms with van der Waals surface area (Å²) in [5, 5.41) is 23.3. The summed E-state index contributed by atoms with van der Waals surface area (Å²) in [6, 6.07) is 14.5. The molecular weight excluding hydrogens is 892 g/mol. The van der Waals surface area contributed by atoms with Gasteiger partial charge < -0.3 is 25.0 Å². The van der Waals surface area contributed by atoms with Crippen LogP contribution in [-0.4, -0.2) is 95.4 Å². The Morgan fingerprint density at radius 2 is 1.87 bits per heavy atom. The highest BCUT2D eigenvalue weighted by Crippen LogP contribution is 2.46. The molecule has 16 heteroatoms. The number of thiophene rings is 1. The highest BCUT2D eigenvalue weighted by Gasteiger charge is 2.39. The first-order chi connectivity index (χ1) is 32.3. The Kier molecular flexibility index (Phi) is 16.6. The number of hydrogen-bond donors (Lipinski definition) is 2. The first-order valence-electron chi connectivity index (χ1n) is 23.7. The van der Waals surface area contributed by atoms with E-state index in [1.54, 1.807) is 0 Å². The second-order valence-electron chi connectivity index (χ2n) is 19.0. The summed E-state index contributed by atoms with van der Waals surface area (Å²) in [7, 11) is 0. The molecule has 1 saturated carbocycles. The van der Waals surface area contributed by atoms with Crippen LogP contribution in [0.2, 0.25) is 0 Å². The lowest BCUT2D eigenvalue weighted by Gasteiger charge is -2.46. The van der Waals surface area contributed by atoms with Crippen LogP contribution >= 0.6 is 23.3 Å². The van der Waals surface area contributed by atoms with Gasteiger partial charge in [-0.15, -0.1) is 16.5 Å². The molecule has 0 spiro atoms. The summed E-state index contributed by atoms with van der Waals surface area (Å²) in [4.78, 5) is 64.3. The molecule has 3 aromatic rings. The Labute approximate surface area is 401 Å². The van der Waals surface area contributed by atoms with Gasteiger partial charge in [-0.1, -0.05) is 60.5 Å². The molecule has 358 valence electrons. The highest BCUT2D eigenvalue weighted by molar-refractivity contribution is 7.96. The number of imide groups is 1. The molecule has 1 aromatic heterocycles. The van der Waals surface area contributed by atoms with E-state index >= 15 is 0 Å². The lowest BCUT2D eigenvalue weighted by atomic mass is 9.79. The molecule has 0 bridgehead atoms. The molecule has 2 aromatic carbocycles. The zero-order valence-corrected chi connectivity index (χ0v) is 40.6. The zero-order chi connectivity index (χ0) is 47.8. The minimum atomic E-state index is -1.15. The van der Waals surface area contributed by atoms with Gasteiger partial charge in [0.05, 0.1) is 5.69 Å². The SMILES string of the molecule is CCCC(C(=O)N(F)C=O)N(C=O)c1ccc(C2CCN(c3cccc(CSN4CCC(NC5CCCC(c6sc(C(=O)O)c(OCC=O)c6C#N)C5)CC4(C)C)c3)CC2)c2c1C(C)=CCC2. The Balaban J connectivity index is 0.943. The summed E-state index contributed by atoms with van der Waals surface area (Å²) in [6.45, 7) is 11.0. The van der Waals surface area contributed by atoms with E-state index in [0.717, 1.165) is 117 Å². The Hall–Kier alpha value is -5.08. The van der Waals surface area contributed by atoms with Gasteiger partial charge in [0, 0.05) is 59.1 Å². The molecule has 0 radical (unpaired) electrons. The van der Waals surface area contributed by atoms with Crippen LogP contribution in [0.4, 0.5) is 15.9 Å². The lowest BCUT2D eigenvalue weighted by Crippen LogP contribution is -2.53. The number of nitrogens with zero attached hydrogens (tertiary/aromatic N) is 5. The minimum Gasteiger partial charge on any atom is -0.483 e. The molecule has 2 aliphatic heterocycles. The van der Waals surface area contributed by atoms with Crippen molar-refractivity contribution < 1.29 is 38.3 Å². The molecule has 4 aliphatic rings. The summed E-state index contributed by atoms with van der Waals surface area (Å²) in [5.74, 6) is -0.957. The van der Waals surface area contributed by atoms with E-state index in [1.807, 2.05) is 31.9 Å². The van der Waals surface area contributed by atoms with Crippen LogP contribution in [0.3, 0.4) is 0 Å². The first kappa shape index (κ1) is 49.8. The van der Waals surface area contributed by atoms with Crippen molar-refractivity contribution in [3.63, 3.8) is 0 Å². The van der Waals surface area contributed by atoms with E-state index in [0.29, 0.717) is 36.8 Å². The number of rotatable bonds is 19. The van der Waals surface area contributed by atoms with Crippen molar-refractivity contribution in [3.05, 3.63) is 80.0 Å². The number of nitrogens with one attached hydrogen (secondary N) is 1. The van der Waals surface area contributed by atoms with E-state index in [1.165, 1.54) is 27.3 Å². The number of carbonyl (C=O) groups excluding carboxylic acids is 4. The van der Waals surface area contributed by atoms with Crippen LogP contribution in [0.1, 0.15) is 153 Å². The molecule has 2 N–H and O–H groups in total. The van der Waals surface area contributed by atoms with Crippen molar-refractivity contribution in [2.45, 2.75) is 146 Å². The molecule has 4 unspecified atom stereocenters. The number of benzene rings is 2. The highest BCUT2D eigenvalue weighted by atomic mass is 32.2. The van der Waals surface area contributed by atoms with Gasteiger partial charge in [-0.05, 0) is 137 Å². The number of aldehydes is 1. The van der Waals surface area contributed by atoms with E-state index in [-0.39, 0.29) is 53.1 Å². The fourth-order valence-electron chi connectivity index (χ4n) is 11.0. The molecule has 2 saturated heterocycles. The van der Waals surface area contributed by atoms with E-state index < -0.39 is 23.0 Å². The van der Waals surface area contributed by atoms with Gasteiger partial charge >= 0.3 is 5.97 Å². The topological polar surface area (TPSA) is 164 Å². The second kappa shape index (κ2) is 22.4. The van der Waals surface area contributed by atoms with Crippen molar-refractivity contribution in [2.24, 2.45) is 0 Å². The van der Waals surface area contributed by atoms with Crippen molar-refractivity contribution in [1.29, 1.82) is 5.26 Å². The van der Waals surface area contributed by atoms with E-state index in [2.05, 4.69) is 70.8 Å². The molecule has 67 heavy (non-hydrogen) atoms. The Bertz CT molecular complexity index is 2370. The number of piperidine rings is 2. The van der Waals surface area contributed by atoms with Gasteiger partial charge in [0.15, 0.2) is 16.9 Å². The molecule has 3 amide bonds. The molecule has 13 nitrogen and oxygen atoms in total. The molecule has 7 rings (SSSR count). The smallest absolute Gasteiger partial charge is 0.349 e. The van der Waals surface area contributed by atoms with Crippen molar-refractivity contribution in [2.75, 3.05) is 36.0 Å².